The molecule has 0 spiro atoms. The van der Waals surface area contributed by atoms with Crippen LogP contribution in [0.1, 0.15) is 33.1 Å². The molecule has 0 aromatic heterocycles. The first-order valence-electron chi connectivity index (χ1n) is 6.77. The highest BCUT2D eigenvalue weighted by Gasteiger charge is 2.50. The van der Waals surface area contributed by atoms with Gasteiger partial charge in [0.05, 0.1) is 19.0 Å². The van der Waals surface area contributed by atoms with Crippen molar-refractivity contribution in [2.24, 2.45) is 11.8 Å². The molecule has 1 amide bonds. The quantitative estimate of drug-likeness (QED) is 0.730. The maximum atomic E-state index is 12.3. The summed E-state index contributed by atoms with van der Waals surface area (Å²) in [5.41, 5.74) is -0.638. The molecule has 3 aliphatic rings. The monoisotopic (exact) mass is 238 g/mol. The van der Waals surface area contributed by atoms with Gasteiger partial charge < -0.3 is 15.3 Å². The van der Waals surface area contributed by atoms with Crippen LogP contribution in [0.3, 0.4) is 0 Å². The number of nitrogens with one attached hydrogen (secondary N) is 1. The van der Waals surface area contributed by atoms with Crippen molar-refractivity contribution in [2.45, 2.75) is 50.8 Å². The normalized spacial score (nSPS) is 38.6. The van der Waals surface area contributed by atoms with Gasteiger partial charge in [-0.25, -0.2) is 0 Å². The van der Waals surface area contributed by atoms with Crippen LogP contribution in [-0.2, 0) is 4.79 Å². The lowest BCUT2D eigenvalue weighted by Gasteiger charge is -2.50. The third-order valence-corrected chi connectivity index (χ3v) is 4.93. The predicted octanol–water partition coefficient (Wildman–Crippen LogP) is 0.356. The van der Waals surface area contributed by atoms with Crippen molar-refractivity contribution in [1.29, 1.82) is 0 Å². The Kier molecular flexibility index (Phi) is 2.49. The Morgan fingerprint density at radius 3 is 2.59 bits per heavy atom. The Morgan fingerprint density at radius 2 is 2.12 bits per heavy atom. The minimum absolute atomic E-state index is 0.172. The van der Waals surface area contributed by atoms with Crippen molar-refractivity contribution in [3.8, 4) is 0 Å². The van der Waals surface area contributed by atoms with Gasteiger partial charge in [0, 0.05) is 12.1 Å². The largest absolute Gasteiger partial charge is 0.386 e. The lowest BCUT2D eigenvalue weighted by atomic mass is 9.80. The molecule has 96 valence electrons. The van der Waals surface area contributed by atoms with Crippen LogP contribution in [0.2, 0.25) is 0 Å². The van der Waals surface area contributed by atoms with E-state index in [1.807, 2.05) is 18.7 Å². The summed E-state index contributed by atoms with van der Waals surface area (Å²) >= 11 is 0. The van der Waals surface area contributed by atoms with E-state index >= 15 is 0 Å². The van der Waals surface area contributed by atoms with Crippen LogP contribution in [0.15, 0.2) is 0 Å². The van der Waals surface area contributed by atoms with Gasteiger partial charge in [-0.3, -0.25) is 4.79 Å². The number of fused-ring (bicyclic) bond motifs is 2. The molecule has 0 aliphatic carbocycles. The molecule has 4 nitrogen and oxygen atoms in total. The highest BCUT2D eigenvalue weighted by atomic mass is 16.3. The van der Waals surface area contributed by atoms with E-state index in [0.717, 1.165) is 12.8 Å². The Hall–Kier alpha value is -0.610. The lowest BCUT2D eigenvalue weighted by Crippen LogP contribution is -2.67. The van der Waals surface area contributed by atoms with Gasteiger partial charge in [-0.2, -0.15) is 0 Å². The van der Waals surface area contributed by atoms with Crippen LogP contribution in [0.5, 0.6) is 0 Å². The highest BCUT2D eigenvalue weighted by Crippen LogP contribution is 2.37. The van der Waals surface area contributed by atoms with E-state index in [1.54, 1.807) is 0 Å². The number of rotatable bonds is 2. The molecular weight excluding hydrogens is 216 g/mol. The summed E-state index contributed by atoms with van der Waals surface area (Å²) in [5.74, 6) is 0.658. The zero-order valence-electron chi connectivity index (χ0n) is 10.6. The molecule has 0 aromatic carbocycles. The zero-order chi connectivity index (χ0) is 12.2. The Labute approximate surface area is 102 Å². The summed E-state index contributed by atoms with van der Waals surface area (Å²) < 4.78 is 0. The second kappa shape index (κ2) is 3.69. The number of hydrogen-bond acceptors (Lipinski definition) is 3. The minimum Gasteiger partial charge on any atom is -0.386 e. The van der Waals surface area contributed by atoms with Gasteiger partial charge in [0.25, 0.3) is 0 Å². The average Bonchev–Trinajstić information content (AvgIpc) is 2.84. The lowest BCUT2D eigenvalue weighted by molar-refractivity contribution is -0.168. The summed E-state index contributed by atoms with van der Waals surface area (Å²) in [4.78, 5) is 14.1. The maximum absolute atomic E-state index is 12.3. The van der Waals surface area contributed by atoms with Gasteiger partial charge in [0.2, 0.25) is 5.91 Å². The summed E-state index contributed by atoms with van der Waals surface area (Å²) in [6.07, 6.45) is 3.37. The topological polar surface area (TPSA) is 52.6 Å². The first-order chi connectivity index (χ1) is 7.99. The fourth-order valence-electron chi connectivity index (χ4n) is 3.47. The van der Waals surface area contributed by atoms with Crippen LogP contribution in [0, 0.1) is 11.8 Å². The molecule has 2 bridgehead atoms. The first-order valence-corrected chi connectivity index (χ1v) is 6.77. The van der Waals surface area contributed by atoms with Gasteiger partial charge in [-0.05, 0) is 25.2 Å². The van der Waals surface area contributed by atoms with Gasteiger partial charge in [0.1, 0.15) is 5.60 Å². The van der Waals surface area contributed by atoms with Gasteiger partial charge in [0.15, 0.2) is 0 Å². The van der Waals surface area contributed by atoms with E-state index in [4.69, 9.17) is 0 Å². The van der Waals surface area contributed by atoms with Gasteiger partial charge in [-0.1, -0.05) is 13.8 Å². The zero-order valence-corrected chi connectivity index (χ0v) is 10.6. The molecule has 0 radical (unpaired) electrons. The molecular formula is C13H22N2O2. The van der Waals surface area contributed by atoms with Gasteiger partial charge >= 0.3 is 0 Å². The molecule has 0 saturated carbocycles. The Bertz CT molecular complexity index is 336. The minimum atomic E-state index is -0.638. The molecule has 3 fully saturated rings. The van der Waals surface area contributed by atoms with Crippen molar-refractivity contribution < 1.29 is 9.90 Å². The van der Waals surface area contributed by atoms with Gasteiger partial charge in [-0.15, -0.1) is 0 Å². The number of likely N-dealkylation sites (tertiary alicyclic amines) is 1. The van der Waals surface area contributed by atoms with Crippen molar-refractivity contribution >= 4 is 5.91 Å². The molecule has 3 rings (SSSR count). The molecule has 17 heavy (non-hydrogen) atoms. The SMILES string of the molecule is CC(C)C1(O)CN(C(=O)C2CC3CCC2N3)C1. The number of amides is 1. The van der Waals surface area contributed by atoms with E-state index in [2.05, 4.69) is 5.32 Å². The highest BCUT2D eigenvalue weighted by molar-refractivity contribution is 5.81. The predicted molar refractivity (Wildman–Crippen MR) is 64.4 cm³/mol. The number of hydrogen-bond donors (Lipinski definition) is 2. The van der Waals surface area contributed by atoms with Crippen molar-refractivity contribution in [3.05, 3.63) is 0 Å². The summed E-state index contributed by atoms with van der Waals surface area (Å²) in [6.45, 7) is 5.08. The summed E-state index contributed by atoms with van der Waals surface area (Å²) in [7, 11) is 0. The van der Waals surface area contributed by atoms with Crippen LogP contribution in [0.25, 0.3) is 0 Å². The molecule has 2 N–H and O–H groups in total. The molecule has 3 unspecified atom stereocenters. The van der Waals surface area contributed by atoms with E-state index in [-0.39, 0.29) is 17.7 Å². The molecule has 4 heteroatoms. The second-order valence-corrected chi connectivity index (χ2v) is 6.34. The fraction of sp³-hybridized carbons (Fsp3) is 0.923. The van der Waals surface area contributed by atoms with Crippen LogP contribution in [0.4, 0.5) is 0 Å². The first kappa shape index (κ1) is 11.5. The number of carbonyl (C=O) groups excluding carboxylic acids is 1. The van der Waals surface area contributed by atoms with Crippen molar-refractivity contribution in [1.82, 2.24) is 10.2 Å². The van der Waals surface area contributed by atoms with E-state index in [9.17, 15) is 9.90 Å². The molecule has 0 aromatic rings. The number of aliphatic hydroxyl groups is 1. The second-order valence-electron chi connectivity index (χ2n) is 6.34. The molecule has 3 saturated heterocycles. The molecule has 3 atom stereocenters. The Morgan fingerprint density at radius 1 is 1.41 bits per heavy atom. The van der Waals surface area contributed by atoms with Crippen LogP contribution >= 0.6 is 0 Å². The van der Waals surface area contributed by atoms with E-state index in [1.165, 1.54) is 6.42 Å². The third kappa shape index (κ3) is 1.69. The third-order valence-electron chi connectivity index (χ3n) is 4.93. The molecule has 3 heterocycles. The van der Waals surface area contributed by atoms with Crippen LogP contribution in [-0.4, -0.2) is 46.7 Å². The summed E-state index contributed by atoms with van der Waals surface area (Å²) in [6, 6.07) is 0.972. The van der Waals surface area contributed by atoms with E-state index in [0.29, 0.717) is 25.2 Å². The number of nitrogens with zero attached hydrogens (tertiary/aromatic N) is 1. The van der Waals surface area contributed by atoms with E-state index < -0.39 is 5.60 Å². The number of carbonyl (C=O) groups is 1. The Balaban J connectivity index is 1.59. The standard InChI is InChI=1S/C13H22N2O2/c1-8(2)13(17)6-15(7-13)12(16)10-5-9-3-4-11(10)14-9/h8-11,14,17H,3-7H2,1-2H3. The molecule has 3 aliphatic heterocycles. The van der Waals surface area contributed by atoms with Crippen molar-refractivity contribution in [3.63, 3.8) is 0 Å². The smallest absolute Gasteiger partial charge is 0.227 e. The van der Waals surface area contributed by atoms with Crippen LogP contribution < -0.4 is 5.32 Å². The fourth-order valence-corrected chi connectivity index (χ4v) is 3.47. The van der Waals surface area contributed by atoms with Crippen molar-refractivity contribution in [2.75, 3.05) is 13.1 Å². The summed E-state index contributed by atoms with van der Waals surface area (Å²) in [5, 5.41) is 13.7. The average molecular weight is 238 g/mol. The number of β-amino-alcohol motifs (C(OH)–C–C–N with tert-alkyl or cyclic N) is 1. The maximum Gasteiger partial charge on any atom is 0.227 e.